The summed E-state index contributed by atoms with van der Waals surface area (Å²) in [5, 5.41) is 0.598. The van der Waals surface area contributed by atoms with Crippen LogP contribution in [0.5, 0.6) is 0 Å². The quantitative estimate of drug-likeness (QED) is 0.712. The zero-order valence-corrected chi connectivity index (χ0v) is 15.4. The van der Waals surface area contributed by atoms with Gasteiger partial charge in [0.2, 0.25) is 0 Å². The molecule has 0 N–H and O–H groups in total. The van der Waals surface area contributed by atoms with Gasteiger partial charge in [-0.05, 0) is 41.8 Å². The Morgan fingerprint density at radius 2 is 1.88 bits per heavy atom. The third kappa shape index (κ3) is 4.45. The van der Waals surface area contributed by atoms with Crippen LogP contribution in [0.15, 0.2) is 53.4 Å². The molecule has 1 heterocycles. The summed E-state index contributed by atoms with van der Waals surface area (Å²) >= 11 is 5.98. The minimum atomic E-state index is -3.72. The maximum atomic E-state index is 12.0. The Morgan fingerprint density at radius 1 is 1.16 bits per heavy atom. The minimum absolute atomic E-state index is 0.0551. The molecule has 1 saturated heterocycles. The molecule has 5 nitrogen and oxygen atoms in total. The fraction of sp³-hybridized carbons (Fsp3) is 0.235. The summed E-state index contributed by atoms with van der Waals surface area (Å²) in [7, 11) is 1.57. The lowest BCUT2D eigenvalue weighted by atomic mass is 10.1. The normalized spacial score (nSPS) is 17.6. The predicted octanol–water partition coefficient (Wildman–Crippen LogP) is 4.00. The second-order valence-corrected chi connectivity index (χ2v) is 8.71. The average Bonchev–Trinajstić information content (AvgIpc) is 2.93. The van der Waals surface area contributed by atoms with E-state index in [1.165, 1.54) is 12.1 Å². The summed E-state index contributed by atoms with van der Waals surface area (Å²) in [6, 6.07) is 13.5. The highest BCUT2D eigenvalue weighted by molar-refractivity contribution is 8.13. The molecular weight excluding hydrogens is 385 g/mol. The van der Waals surface area contributed by atoms with Crippen molar-refractivity contribution in [2.75, 3.05) is 13.1 Å². The highest BCUT2D eigenvalue weighted by Gasteiger charge is 2.31. The van der Waals surface area contributed by atoms with Crippen LogP contribution in [0.3, 0.4) is 0 Å². The summed E-state index contributed by atoms with van der Waals surface area (Å²) in [6.07, 6.45) is -0.125. The van der Waals surface area contributed by atoms with Crippen molar-refractivity contribution in [3.8, 4) is 0 Å². The van der Waals surface area contributed by atoms with E-state index in [2.05, 4.69) is 0 Å². The Kier molecular flexibility index (Phi) is 5.22. The maximum absolute atomic E-state index is 12.0. The van der Waals surface area contributed by atoms with Crippen LogP contribution in [0.4, 0.5) is 4.79 Å². The third-order valence-corrected chi connectivity index (χ3v) is 5.59. The molecule has 1 aliphatic heterocycles. The van der Waals surface area contributed by atoms with Crippen LogP contribution in [0.2, 0.25) is 5.02 Å². The number of amides is 1. The number of benzene rings is 2. The molecule has 3 rings (SSSR count). The van der Waals surface area contributed by atoms with Crippen LogP contribution in [0.25, 0.3) is 0 Å². The molecule has 1 amide bonds. The number of carbonyl (C=O) groups is 1. The van der Waals surface area contributed by atoms with Gasteiger partial charge in [-0.25, -0.2) is 13.2 Å². The van der Waals surface area contributed by atoms with Gasteiger partial charge in [0.05, 0.1) is 11.4 Å². The van der Waals surface area contributed by atoms with E-state index in [9.17, 15) is 13.2 Å². The highest BCUT2D eigenvalue weighted by Crippen LogP contribution is 2.28. The van der Waals surface area contributed by atoms with E-state index in [0.717, 1.165) is 11.1 Å². The van der Waals surface area contributed by atoms with Gasteiger partial charge in [-0.3, -0.25) is 0 Å². The number of hydrogen-bond acceptors (Lipinski definition) is 4. The van der Waals surface area contributed by atoms with Crippen LogP contribution in [0, 0.1) is 0 Å². The van der Waals surface area contributed by atoms with Crippen molar-refractivity contribution in [2.24, 2.45) is 0 Å². The van der Waals surface area contributed by atoms with E-state index in [1.807, 2.05) is 12.1 Å². The van der Waals surface area contributed by atoms with Gasteiger partial charge in [-0.15, -0.1) is 0 Å². The number of cyclic esters (lactones) is 1. The molecule has 1 unspecified atom stereocenters. The van der Waals surface area contributed by atoms with Crippen LogP contribution in [-0.4, -0.2) is 32.5 Å². The molecule has 0 aliphatic carbocycles. The molecule has 2 aromatic carbocycles. The number of nitrogens with zero attached hydrogens (tertiary/aromatic N) is 1. The lowest BCUT2D eigenvalue weighted by Gasteiger charge is -2.13. The first-order valence-corrected chi connectivity index (χ1v) is 10.3. The van der Waals surface area contributed by atoms with Gasteiger partial charge in [0, 0.05) is 22.2 Å². The Bertz CT molecular complexity index is 884. The Hall–Kier alpha value is -1.76. The molecule has 1 atom stereocenters. The summed E-state index contributed by atoms with van der Waals surface area (Å²) in [5.74, 6) is 0. The molecule has 1 aliphatic rings. The number of rotatable bonds is 5. The van der Waals surface area contributed by atoms with Gasteiger partial charge in [-0.1, -0.05) is 35.9 Å². The van der Waals surface area contributed by atoms with Crippen LogP contribution < -0.4 is 0 Å². The molecule has 25 heavy (non-hydrogen) atoms. The fourth-order valence-corrected chi connectivity index (χ4v) is 3.62. The maximum Gasteiger partial charge on any atom is 0.410 e. The molecule has 0 aromatic heterocycles. The van der Waals surface area contributed by atoms with Gasteiger partial charge >= 0.3 is 6.09 Å². The molecule has 0 radical (unpaired) electrons. The average molecular weight is 400 g/mol. The highest BCUT2D eigenvalue weighted by atomic mass is 35.7. The number of halogens is 2. The van der Waals surface area contributed by atoms with E-state index < -0.39 is 9.05 Å². The number of ether oxygens (including phenoxy) is 1. The van der Waals surface area contributed by atoms with Crippen molar-refractivity contribution in [2.45, 2.75) is 17.4 Å². The van der Waals surface area contributed by atoms with Crippen molar-refractivity contribution < 1.29 is 17.9 Å². The Labute approximate surface area is 155 Å². The van der Waals surface area contributed by atoms with Crippen molar-refractivity contribution in [1.82, 2.24) is 4.90 Å². The molecule has 2 aromatic rings. The molecule has 8 heteroatoms. The first-order chi connectivity index (χ1) is 11.8. The van der Waals surface area contributed by atoms with Crippen LogP contribution >= 0.6 is 22.3 Å². The minimum Gasteiger partial charge on any atom is -0.439 e. The molecule has 132 valence electrons. The zero-order valence-electron chi connectivity index (χ0n) is 13.1. The molecule has 1 fully saturated rings. The van der Waals surface area contributed by atoms with Crippen molar-refractivity contribution >= 4 is 37.4 Å². The van der Waals surface area contributed by atoms with Gasteiger partial charge in [-0.2, -0.15) is 0 Å². The molecule has 0 bridgehead atoms. The van der Waals surface area contributed by atoms with Crippen LogP contribution in [0.1, 0.15) is 17.2 Å². The van der Waals surface area contributed by atoms with Gasteiger partial charge in [0.25, 0.3) is 9.05 Å². The van der Waals surface area contributed by atoms with Crippen molar-refractivity contribution in [3.05, 3.63) is 64.7 Å². The van der Waals surface area contributed by atoms with E-state index in [-0.39, 0.29) is 17.1 Å². The van der Waals surface area contributed by atoms with E-state index >= 15 is 0 Å². The molecular formula is C17H15Cl2NO4S. The molecule has 0 spiro atoms. The van der Waals surface area contributed by atoms with E-state index in [1.54, 1.807) is 29.2 Å². The smallest absolute Gasteiger partial charge is 0.410 e. The van der Waals surface area contributed by atoms with Crippen LogP contribution in [-0.2, 0) is 20.2 Å². The standard InChI is InChI=1S/C17H15Cl2NO4S/c18-14-3-1-2-13(10-14)16-11-20(17(21)24-16)9-8-12-4-6-15(7-5-12)25(19,22)23/h1-7,10,16H,8-9,11H2. The molecule has 0 saturated carbocycles. The van der Waals surface area contributed by atoms with Gasteiger partial charge in [0.15, 0.2) is 0 Å². The summed E-state index contributed by atoms with van der Waals surface area (Å²) < 4.78 is 27.9. The first kappa shape index (κ1) is 18.0. The summed E-state index contributed by atoms with van der Waals surface area (Å²) in [5.41, 5.74) is 1.77. The van der Waals surface area contributed by atoms with Crippen molar-refractivity contribution in [3.63, 3.8) is 0 Å². The van der Waals surface area contributed by atoms with E-state index in [0.29, 0.717) is 24.5 Å². The summed E-state index contributed by atoms with van der Waals surface area (Å²) in [6.45, 7) is 0.927. The predicted molar refractivity (Wildman–Crippen MR) is 95.4 cm³/mol. The topological polar surface area (TPSA) is 63.7 Å². The lowest BCUT2D eigenvalue weighted by Crippen LogP contribution is -2.26. The first-order valence-electron chi connectivity index (χ1n) is 7.57. The lowest BCUT2D eigenvalue weighted by molar-refractivity contribution is 0.133. The number of carbonyl (C=O) groups excluding carboxylic acids is 1. The third-order valence-electron chi connectivity index (χ3n) is 3.98. The summed E-state index contributed by atoms with van der Waals surface area (Å²) in [4.78, 5) is 13.7. The Balaban J connectivity index is 1.61. The fourth-order valence-electron chi connectivity index (χ4n) is 2.65. The zero-order chi connectivity index (χ0) is 18.0. The second kappa shape index (κ2) is 7.23. The SMILES string of the molecule is O=C1OC(c2cccc(Cl)c2)CN1CCc1ccc(S(=O)(=O)Cl)cc1. The number of hydrogen-bond donors (Lipinski definition) is 0. The Morgan fingerprint density at radius 3 is 2.52 bits per heavy atom. The van der Waals surface area contributed by atoms with Gasteiger partial charge < -0.3 is 9.64 Å². The van der Waals surface area contributed by atoms with Gasteiger partial charge in [0.1, 0.15) is 6.10 Å². The van der Waals surface area contributed by atoms with Crippen molar-refractivity contribution in [1.29, 1.82) is 0 Å². The largest absolute Gasteiger partial charge is 0.439 e. The monoisotopic (exact) mass is 399 g/mol. The van der Waals surface area contributed by atoms with E-state index in [4.69, 9.17) is 27.0 Å². The second-order valence-electron chi connectivity index (χ2n) is 5.71.